The van der Waals surface area contributed by atoms with Crippen molar-refractivity contribution in [2.24, 2.45) is 0 Å². The van der Waals surface area contributed by atoms with Gasteiger partial charge in [-0.1, -0.05) is 0 Å². The molecule has 0 rings (SSSR count). The van der Waals surface area contributed by atoms with Crippen molar-refractivity contribution < 1.29 is 14.7 Å². The van der Waals surface area contributed by atoms with E-state index in [1.807, 2.05) is 20.8 Å². The average molecular weight is 244 g/mol. The van der Waals surface area contributed by atoms with Gasteiger partial charge in [0.15, 0.2) is 0 Å². The molecule has 0 heterocycles. The van der Waals surface area contributed by atoms with Crippen LogP contribution in [0.1, 0.15) is 47.5 Å². The Hall–Kier alpha value is -1.10. The molecule has 0 unspecified atom stereocenters. The van der Waals surface area contributed by atoms with Gasteiger partial charge in [-0.15, -0.1) is 0 Å². The number of amides is 1. The lowest BCUT2D eigenvalue weighted by molar-refractivity contribution is -0.138. The SMILES string of the molecule is CC(C)(C)NCCC(=O)NC(C)(C)CC(=O)O. The lowest BCUT2D eigenvalue weighted by atomic mass is 10.0. The maximum absolute atomic E-state index is 11.6. The predicted octanol–water partition coefficient (Wildman–Crippen LogP) is 1.13. The summed E-state index contributed by atoms with van der Waals surface area (Å²) in [6, 6.07) is 0. The molecule has 3 N–H and O–H groups in total. The molecule has 0 aliphatic heterocycles. The molecule has 100 valence electrons. The van der Waals surface area contributed by atoms with Crippen LogP contribution in [0, 0.1) is 0 Å². The van der Waals surface area contributed by atoms with Crippen LogP contribution in [-0.2, 0) is 9.59 Å². The molecular formula is C12H24N2O3. The van der Waals surface area contributed by atoms with Gasteiger partial charge < -0.3 is 15.7 Å². The van der Waals surface area contributed by atoms with E-state index in [-0.39, 0.29) is 17.9 Å². The minimum absolute atomic E-state index is 0.0170. The first kappa shape index (κ1) is 15.9. The quantitative estimate of drug-likeness (QED) is 0.654. The Morgan fingerprint density at radius 1 is 1.12 bits per heavy atom. The van der Waals surface area contributed by atoms with Crippen LogP contribution < -0.4 is 10.6 Å². The fraction of sp³-hybridized carbons (Fsp3) is 0.833. The summed E-state index contributed by atoms with van der Waals surface area (Å²) >= 11 is 0. The van der Waals surface area contributed by atoms with Crippen molar-refractivity contribution in [1.82, 2.24) is 10.6 Å². The van der Waals surface area contributed by atoms with Crippen molar-refractivity contribution in [3.05, 3.63) is 0 Å². The monoisotopic (exact) mass is 244 g/mol. The molecule has 0 aromatic rings. The Morgan fingerprint density at radius 2 is 1.65 bits per heavy atom. The van der Waals surface area contributed by atoms with Gasteiger partial charge in [0.25, 0.3) is 0 Å². The zero-order chi connectivity index (χ0) is 13.7. The summed E-state index contributed by atoms with van der Waals surface area (Å²) in [4.78, 5) is 22.2. The molecule has 0 saturated carbocycles. The summed E-state index contributed by atoms with van der Waals surface area (Å²) in [6.45, 7) is 10.1. The first-order valence-electron chi connectivity index (χ1n) is 5.80. The van der Waals surface area contributed by atoms with Crippen molar-refractivity contribution in [1.29, 1.82) is 0 Å². The van der Waals surface area contributed by atoms with Gasteiger partial charge >= 0.3 is 5.97 Å². The molecule has 0 fully saturated rings. The number of carbonyl (C=O) groups excluding carboxylic acids is 1. The lowest BCUT2D eigenvalue weighted by Crippen LogP contribution is -2.46. The summed E-state index contributed by atoms with van der Waals surface area (Å²) in [5.74, 6) is -1.05. The van der Waals surface area contributed by atoms with Gasteiger partial charge in [0, 0.05) is 24.0 Å². The van der Waals surface area contributed by atoms with Crippen molar-refractivity contribution in [3.63, 3.8) is 0 Å². The summed E-state index contributed by atoms with van der Waals surface area (Å²) in [6.07, 6.45) is 0.270. The van der Waals surface area contributed by atoms with Crippen LogP contribution in [0.25, 0.3) is 0 Å². The molecule has 5 heteroatoms. The second kappa shape index (κ2) is 6.00. The van der Waals surface area contributed by atoms with Crippen molar-refractivity contribution in [3.8, 4) is 0 Å². The average Bonchev–Trinajstić information content (AvgIpc) is 1.95. The number of carbonyl (C=O) groups is 2. The largest absolute Gasteiger partial charge is 0.481 e. The lowest BCUT2D eigenvalue weighted by Gasteiger charge is -2.25. The maximum atomic E-state index is 11.6. The van der Waals surface area contributed by atoms with Crippen LogP contribution in [0.5, 0.6) is 0 Å². The first-order valence-corrected chi connectivity index (χ1v) is 5.80. The maximum Gasteiger partial charge on any atom is 0.305 e. The van der Waals surface area contributed by atoms with Crippen LogP contribution in [0.15, 0.2) is 0 Å². The number of rotatable bonds is 6. The predicted molar refractivity (Wildman–Crippen MR) is 66.8 cm³/mol. The second-order valence-corrected chi connectivity index (χ2v) is 5.93. The number of carboxylic acid groups (broad SMARTS) is 1. The second-order valence-electron chi connectivity index (χ2n) is 5.93. The normalized spacial score (nSPS) is 12.3. The standard InChI is InChI=1S/C12H24N2O3/c1-11(2,3)13-7-6-9(15)14-12(4,5)8-10(16)17/h13H,6-8H2,1-5H3,(H,14,15)(H,16,17). The fourth-order valence-electron chi connectivity index (χ4n) is 1.41. The molecule has 0 aliphatic carbocycles. The van der Waals surface area contributed by atoms with Gasteiger partial charge in [-0.2, -0.15) is 0 Å². The Balaban J connectivity index is 3.97. The number of hydrogen-bond donors (Lipinski definition) is 3. The highest BCUT2D eigenvalue weighted by Crippen LogP contribution is 2.08. The number of hydrogen-bond acceptors (Lipinski definition) is 3. The Labute approximate surface area is 103 Å². The molecular weight excluding hydrogens is 220 g/mol. The Morgan fingerprint density at radius 3 is 2.06 bits per heavy atom. The number of carboxylic acids is 1. The molecule has 0 aromatic carbocycles. The Kier molecular flexibility index (Phi) is 5.61. The van der Waals surface area contributed by atoms with E-state index in [1.165, 1.54) is 0 Å². The number of nitrogens with one attached hydrogen (secondary N) is 2. The molecule has 0 spiro atoms. The van der Waals surface area contributed by atoms with E-state index in [1.54, 1.807) is 13.8 Å². The molecule has 0 aliphatic rings. The smallest absolute Gasteiger partial charge is 0.305 e. The number of aliphatic carboxylic acids is 1. The molecule has 0 saturated heterocycles. The van der Waals surface area contributed by atoms with Gasteiger partial charge in [-0.05, 0) is 34.6 Å². The Bertz CT molecular complexity index is 280. The summed E-state index contributed by atoms with van der Waals surface area (Å²) in [5.41, 5.74) is -0.721. The first-order chi connectivity index (χ1) is 7.52. The van der Waals surface area contributed by atoms with E-state index >= 15 is 0 Å². The van der Waals surface area contributed by atoms with Crippen LogP contribution >= 0.6 is 0 Å². The van der Waals surface area contributed by atoms with E-state index < -0.39 is 11.5 Å². The van der Waals surface area contributed by atoms with Crippen molar-refractivity contribution in [2.75, 3.05) is 6.54 Å². The zero-order valence-electron chi connectivity index (χ0n) is 11.4. The van der Waals surface area contributed by atoms with E-state index in [2.05, 4.69) is 10.6 Å². The minimum Gasteiger partial charge on any atom is -0.481 e. The summed E-state index contributed by atoms with van der Waals surface area (Å²) in [5, 5.41) is 14.6. The summed E-state index contributed by atoms with van der Waals surface area (Å²) in [7, 11) is 0. The molecule has 0 aromatic heterocycles. The van der Waals surface area contributed by atoms with Gasteiger partial charge in [-0.3, -0.25) is 9.59 Å². The highest BCUT2D eigenvalue weighted by molar-refractivity contribution is 5.78. The van der Waals surface area contributed by atoms with Gasteiger partial charge in [0.2, 0.25) is 5.91 Å². The highest BCUT2D eigenvalue weighted by Gasteiger charge is 2.23. The minimum atomic E-state index is -0.914. The molecule has 1 amide bonds. The van der Waals surface area contributed by atoms with E-state index in [0.717, 1.165) is 0 Å². The molecule has 0 radical (unpaired) electrons. The van der Waals surface area contributed by atoms with Crippen LogP contribution in [-0.4, -0.2) is 34.6 Å². The van der Waals surface area contributed by atoms with E-state index in [0.29, 0.717) is 13.0 Å². The van der Waals surface area contributed by atoms with E-state index in [9.17, 15) is 9.59 Å². The van der Waals surface area contributed by atoms with Crippen molar-refractivity contribution >= 4 is 11.9 Å². The third-order valence-electron chi connectivity index (χ3n) is 2.08. The van der Waals surface area contributed by atoms with Crippen LogP contribution in [0.2, 0.25) is 0 Å². The molecule has 17 heavy (non-hydrogen) atoms. The zero-order valence-corrected chi connectivity index (χ0v) is 11.4. The van der Waals surface area contributed by atoms with Gasteiger partial charge in [0.1, 0.15) is 0 Å². The molecule has 0 atom stereocenters. The summed E-state index contributed by atoms with van der Waals surface area (Å²) < 4.78 is 0. The van der Waals surface area contributed by atoms with E-state index in [4.69, 9.17) is 5.11 Å². The topological polar surface area (TPSA) is 78.4 Å². The van der Waals surface area contributed by atoms with Crippen molar-refractivity contribution in [2.45, 2.75) is 58.5 Å². The molecule has 0 bridgehead atoms. The fourth-order valence-corrected chi connectivity index (χ4v) is 1.41. The van der Waals surface area contributed by atoms with Gasteiger partial charge in [0.05, 0.1) is 6.42 Å². The van der Waals surface area contributed by atoms with Crippen LogP contribution in [0.3, 0.4) is 0 Å². The third kappa shape index (κ3) is 9.81. The van der Waals surface area contributed by atoms with Crippen LogP contribution in [0.4, 0.5) is 0 Å². The third-order valence-corrected chi connectivity index (χ3v) is 2.08. The molecule has 5 nitrogen and oxygen atoms in total. The highest BCUT2D eigenvalue weighted by atomic mass is 16.4. The van der Waals surface area contributed by atoms with Gasteiger partial charge in [-0.25, -0.2) is 0 Å².